The zero-order valence-electron chi connectivity index (χ0n) is 12.7. The summed E-state index contributed by atoms with van der Waals surface area (Å²) in [4.78, 5) is 11.7. The molecule has 0 radical (unpaired) electrons. The maximum absolute atomic E-state index is 13.2. The van der Waals surface area contributed by atoms with Crippen LogP contribution in [0.2, 0.25) is 0 Å². The van der Waals surface area contributed by atoms with Crippen LogP contribution < -0.4 is 4.74 Å². The summed E-state index contributed by atoms with van der Waals surface area (Å²) in [7, 11) is 0. The summed E-state index contributed by atoms with van der Waals surface area (Å²) in [5.74, 6) is -1.63. The molecule has 2 aromatic rings. The fourth-order valence-electron chi connectivity index (χ4n) is 2.74. The van der Waals surface area contributed by atoms with Crippen LogP contribution in [0.4, 0.5) is 13.2 Å². The van der Waals surface area contributed by atoms with E-state index in [-0.39, 0.29) is 11.3 Å². The monoisotopic (exact) mass is 366 g/mol. The summed E-state index contributed by atoms with van der Waals surface area (Å²) in [5, 5.41) is 9.10. The van der Waals surface area contributed by atoms with E-state index in [9.17, 15) is 18.0 Å². The predicted molar refractivity (Wildman–Crippen MR) is 89.0 cm³/mol. The van der Waals surface area contributed by atoms with Crippen molar-refractivity contribution in [3.05, 3.63) is 64.7 Å². The molecule has 7 heteroatoms. The van der Waals surface area contributed by atoms with Gasteiger partial charge in [-0.15, -0.1) is 12.6 Å². The topological polar surface area (TPSA) is 46.5 Å². The van der Waals surface area contributed by atoms with E-state index in [1.807, 2.05) is 30.3 Å². The van der Waals surface area contributed by atoms with E-state index in [1.54, 1.807) is 6.07 Å². The SMILES string of the molecule is O=C(O)C1=Cc2cc(S)cc(Cc3ccccc3)c2OC1C(F)(F)F. The highest BCUT2D eigenvalue weighted by Crippen LogP contribution is 2.40. The van der Waals surface area contributed by atoms with Crippen molar-refractivity contribution in [1.29, 1.82) is 0 Å². The van der Waals surface area contributed by atoms with Crippen LogP contribution in [0.25, 0.3) is 6.08 Å². The van der Waals surface area contributed by atoms with Gasteiger partial charge in [0, 0.05) is 22.4 Å². The number of ether oxygens (including phenoxy) is 1. The molecule has 0 aromatic heterocycles. The Morgan fingerprint density at radius 1 is 1.20 bits per heavy atom. The largest absolute Gasteiger partial charge is 0.478 e. The van der Waals surface area contributed by atoms with Gasteiger partial charge in [0.1, 0.15) is 5.75 Å². The molecular weight excluding hydrogens is 353 g/mol. The lowest BCUT2D eigenvalue weighted by atomic mass is 9.96. The number of rotatable bonds is 3. The minimum Gasteiger partial charge on any atom is -0.478 e. The van der Waals surface area contributed by atoms with Gasteiger partial charge in [0.15, 0.2) is 0 Å². The van der Waals surface area contributed by atoms with Gasteiger partial charge in [0.05, 0.1) is 5.57 Å². The lowest BCUT2D eigenvalue weighted by Gasteiger charge is -2.28. The first-order chi connectivity index (χ1) is 11.8. The Bertz CT molecular complexity index is 845. The van der Waals surface area contributed by atoms with Crippen molar-refractivity contribution < 1.29 is 27.8 Å². The summed E-state index contributed by atoms with van der Waals surface area (Å²) >= 11 is 4.26. The molecule has 1 aliphatic rings. The molecule has 1 unspecified atom stereocenters. The molecule has 0 aliphatic carbocycles. The number of benzene rings is 2. The van der Waals surface area contributed by atoms with Gasteiger partial charge in [-0.05, 0) is 23.8 Å². The molecule has 3 nitrogen and oxygen atoms in total. The van der Waals surface area contributed by atoms with Gasteiger partial charge in [0.25, 0.3) is 0 Å². The second kappa shape index (κ2) is 6.48. The van der Waals surface area contributed by atoms with Crippen LogP contribution in [-0.4, -0.2) is 23.4 Å². The van der Waals surface area contributed by atoms with Crippen molar-refractivity contribution >= 4 is 24.7 Å². The highest BCUT2D eigenvalue weighted by Gasteiger charge is 2.48. The molecule has 0 spiro atoms. The van der Waals surface area contributed by atoms with Gasteiger partial charge in [0.2, 0.25) is 6.10 Å². The number of hydrogen-bond acceptors (Lipinski definition) is 3. The molecule has 1 atom stereocenters. The van der Waals surface area contributed by atoms with Crippen molar-refractivity contribution in [2.45, 2.75) is 23.6 Å². The second-order valence-corrected chi connectivity index (χ2v) is 6.15. The van der Waals surface area contributed by atoms with Crippen molar-refractivity contribution in [3.63, 3.8) is 0 Å². The van der Waals surface area contributed by atoms with Gasteiger partial charge in [-0.1, -0.05) is 30.3 Å². The zero-order valence-corrected chi connectivity index (χ0v) is 13.6. The highest BCUT2D eigenvalue weighted by molar-refractivity contribution is 7.80. The van der Waals surface area contributed by atoms with E-state index in [1.165, 1.54) is 6.07 Å². The Kier molecular flexibility index (Phi) is 4.51. The minimum absolute atomic E-state index is 0.0361. The molecule has 0 fully saturated rings. The standard InChI is InChI=1S/C18H13F3O3S/c19-18(20,21)16-14(17(22)23)9-12-8-13(25)7-11(15(12)24-16)6-10-4-2-1-3-5-10/h1-5,7-9,16,25H,6H2,(H,22,23). The average molecular weight is 366 g/mol. The molecule has 3 rings (SSSR count). The summed E-state index contributed by atoms with van der Waals surface area (Å²) in [6.45, 7) is 0. The molecule has 1 aliphatic heterocycles. The van der Waals surface area contributed by atoms with Crippen molar-refractivity contribution in [2.75, 3.05) is 0 Å². The van der Waals surface area contributed by atoms with Gasteiger partial charge < -0.3 is 9.84 Å². The number of thiol groups is 1. The minimum atomic E-state index is -4.83. The zero-order chi connectivity index (χ0) is 18.2. The number of hydrogen-bond donors (Lipinski definition) is 2. The number of carboxylic acid groups (broad SMARTS) is 1. The number of fused-ring (bicyclic) bond motifs is 1. The van der Waals surface area contributed by atoms with Crippen LogP contribution in [-0.2, 0) is 11.2 Å². The van der Waals surface area contributed by atoms with Crippen LogP contribution in [0, 0.1) is 0 Å². The molecule has 0 amide bonds. The van der Waals surface area contributed by atoms with Gasteiger partial charge in [-0.2, -0.15) is 13.2 Å². The Morgan fingerprint density at radius 3 is 2.48 bits per heavy atom. The van der Waals surface area contributed by atoms with E-state index in [2.05, 4.69) is 12.6 Å². The third kappa shape index (κ3) is 3.66. The molecule has 25 heavy (non-hydrogen) atoms. The van der Waals surface area contributed by atoms with Crippen LogP contribution in [0.5, 0.6) is 5.75 Å². The molecule has 0 saturated carbocycles. The average Bonchev–Trinajstić information content (AvgIpc) is 2.53. The second-order valence-electron chi connectivity index (χ2n) is 5.63. The first-order valence-electron chi connectivity index (χ1n) is 7.34. The summed E-state index contributed by atoms with van der Waals surface area (Å²) < 4.78 is 44.8. The summed E-state index contributed by atoms with van der Waals surface area (Å²) in [6, 6.07) is 12.3. The van der Waals surface area contributed by atoms with Crippen molar-refractivity contribution in [2.24, 2.45) is 0 Å². The fraction of sp³-hybridized carbons (Fsp3) is 0.167. The fourth-order valence-corrected chi connectivity index (χ4v) is 3.03. The number of halogens is 3. The van der Waals surface area contributed by atoms with Crippen LogP contribution in [0.15, 0.2) is 52.9 Å². The van der Waals surface area contributed by atoms with Crippen LogP contribution in [0.1, 0.15) is 16.7 Å². The van der Waals surface area contributed by atoms with E-state index >= 15 is 0 Å². The van der Waals surface area contributed by atoms with Gasteiger partial charge in [-0.25, -0.2) is 4.79 Å². The Hall–Kier alpha value is -2.41. The molecule has 130 valence electrons. The van der Waals surface area contributed by atoms with Gasteiger partial charge in [-0.3, -0.25) is 0 Å². The smallest absolute Gasteiger partial charge is 0.430 e. The van der Waals surface area contributed by atoms with Crippen LogP contribution in [0.3, 0.4) is 0 Å². The summed E-state index contributed by atoms with van der Waals surface area (Å²) in [6.07, 6.45) is -5.98. The van der Waals surface area contributed by atoms with E-state index in [0.717, 1.165) is 11.6 Å². The maximum atomic E-state index is 13.2. The third-order valence-corrected chi connectivity index (χ3v) is 4.05. The summed E-state index contributed by atoms with van der Waals surface area (Å²) in [5.41, 5.74) is 0.841. The molecule has 1 heterocycles. The molecule has 1 N–H and O–H groups in total. The molecule has 0 saturated heterocycles. The quantitative estimate of drug-likeness (QED) is 0.794. The number of carbonyl (C=O) groups is 1. The Balaban J connectivity index is 2.10. The highest BCUT2D eigenvalue weighted by atomic mass is 32.1. The van der Waals surface area contributed by atoms with Crippen LogP contribution >= 0.6 is 12.6 Å². The van der Waals surface area contributed by atoms with E-state index < -0.39 is 23.8 Å². The van der Waals surface area contributed by atoms with E-state index in [4.69, 9.17) is 9.84 Å². The van der Waals surface area contributed by atoms with Crippen molar-refractivity contribution in [1.82, 2.24) is 0 Å². The van der Waals surface area contributed by atoms with Gasteiger partial charge >= 0.3 is 12.1 Å². The van der Waals surface area contributed by atoms with E-state index in [0.29, 0.717) is 16.9 Å². The number of aliphatic carboxylic acids is 1. The maximum Gasteiger partial charge on any atom is 0.430 e. The Labute approximate surface area is 147 Å². The molecule has 2 aromatic carbocycles. The lowest BCUT2D eigenvalue weighted by Crippen LogP contribution is -2.40. The number of carboxylic acids is 1. The molecular formula is C18H13F3O3S. The number of alkyl halides is 3. The van der Waals surface area contributed by atoms with Crippen molar-refractivity contribution in [3.8, 4) is 5.75 Å². The first kappa shape index (κ1) is 17.4. The predicted octanol–water partition coefficient (Wildman–Crippen LogP) is 4.36. The molecule has 0 bridgehead atoms. The first-order valence-corrected chi connectivity index (χ1v) is 7.78. The Morgan fingerprint density at radius 2 is 1.88 bits per heavy atom. The third-order valence-electron chi connectivity index (χ3n) is 3.79. The lowest BCUT2D eigenvalue weighted by molar-refractivity contribution is -0.187. The normalized spacial score (nSPS) is 16.6.